The largest absolute Gasteiger partial charge is 0.398 e. The summed E-state index contributed by atoms with van der Waals surface area (Å²) >= 11 is 0. The van der Waals surface area contributed by atoms with Crippen LogP contribution in [0.3, 0.4) is 0 Å². The zero-order valence-corrected chi connectivity index (χ0v) is 9.07. The summed E-state index contributed by atoms with van der Waals surface area (Å²) < 4.78 is 5.31. The summed E-state index contributed by atoms with van der Waals surface area (Å²) in [6.07, 6.45) is 5.49. The predicted molar refractivity (Wildman–Crippen MR) is 63.6 cm³/mol. The highest BCUT2D eigenvalue weighted by Crippen LogP contribution is 2.18. The van der Waals surface area contributed by atoms with Gasteiger partial charge in [-0.1, -0.05) is 24.3 Å². The van der Waals surface area contributed by atoms with E-state index in [1.807, 2.05) is 13.0 Å². The van der Waals surface area contributed by atoms with Crippen LogP contribution in [0.4, 0.5) is 5.69 Å². The molecule has 1 heterocycles. The fraction of sp³-hybridized carbons (Fsp3) is 0.385. The van der Waals surface area contributed by atoms with Gasteiger partial charge in [0.25, 0.3) is 0 Å². The molecule has 80 valence electrons. The number of aryl methyl sites for hydroxylation is 1. The zero-order valence-electron chi connectivity index (χ0n) is 9.07. The van der Waals surface area contributed by atoms with Crippen LogP contribution >= 0.6 is 0 Å². The normalized spacial score (nSPS) is 21.3. The number of nitrogen functional groups attached to an aromatic ring is 1. The Morgan fingerprint density at radius 1 is 1.47 bits per heavy atom. The number of anilines is 1. The number of nitrogens with two attached hydrogens (primary N) is 1. The molecule has 15 heavy (non-hydrogen) atoms. The van der Waals surface area contributed by atoms with E-state index < -0.39 is 0 Å². The van der Waals surface area contributed by atoms with Gasteiger partial charge in [-0.15, -0.1) is 0 Å². The molecule has 1 unspecified atom stereocenters. The van der Waals surface area contributed by atoms with Crippen molar-refractivity contribution in [3.05, 3.63) is 35.4 Å². The van der Waals surface area contributed by atoms with Crippen molar-refractivity contribution in [3.8, 4) is 0 Å². The van der Waals surface area contributed by atoms with Crippen molar-refractivity contribution in [2.24, 2.45) is 5.92 Å². The highest BCUT2D eigenvalue weighted by molar-refractivity contribution is 5.58. The molecule has 2 N–H and O–H groups in total. The van der Waals surface area contributed by atoms with E-state index in [-0.39, 0.29) is 0 Å². The Bertz CT molecular complexity index is 365. The molecular formula is C13H17NO. The van der Waals surface area contributed by atoms with Crippen LogP contribution in [0.15, 0.2) is 24.3 Å². The lowest BCUT2D eigenvalue weighted by molar-refractivity contribution is 0.191. The van der Waals surface area contributed by atoms with Crippen molar-refractivity contribution in [2.75, 3.05) is 18.9 Å². The van der Waals surface area contributed by atoms with E-state index in [1.165, 1.54) is 5.56 Å². The lowest BCUT2D eigenvalue weighted by atomic mass is 10.1. The van der Waals surface area contributed by atoms with E-state index >= 15 is 0 Å². The Morgan fingerprint density at radius 3 is 3.00 bits per heavy atom. The first-order valence-corrected chi connectivity index (χ1v) is 5.38. The van der Waals surface area contributed by atoms with E-state index in [2.05, 4.69) is 24.3 Å². The van der Waals surface area contributed by atoms with Gasteiger partial charge in [-0.2, -0.15) is 0 Å². The average molecular weight is 203 g/mol. The highest BCUT2D eigenvalue weighted by atomic mass is 16.5. The van der Waals surface area contributed by atoms with Gasteiger partial charge in [0.15, 0.2) is 0 Å². The smallest absolute Gasteiger partial charge is 0.0529 e. The molecule has 1 fully saturated rings. The van der Waals surface area contributed by atoms with Gasteiger partial charge in [-0.25, -0.2) is 0 Å². The van der Waals surface area contributed by atoms with Crippen molar-refractivity contribution in [1.29, 1.82) is 0 Å². The maximum Gasteiger partial charge on any atom is 0.0529 e. The molecule has 2 nitrogen and oxygen atoms in total. The molecule has 0 saturated carbocycles. The lowest BCUT2D eigenvalue weighted by Gasteiger charge is -2.02. The van der Waals surface area contributed by atoms with Gasteiger partial charge in [-0.05, 0) is 30.5 Å². The molecule has 1 aliphatic heterocycles. The Morgan fingerprint density at radius 2 is 2.33 bits per heavy atom. The van der Waals surface area contributed by atoms with Crippen molar-refractivity contribution in [2.45, 2.75) is 13.3 Å². The molecule has 1 atom stereocenters. The molecule has 1 aliphatic rings. The minimum absolute atomic E-state index is 0.576. The summed E-state index contributed by atoms with van der Waals surface area (Å²) in [7, 11) is 0. The third kappa shape index (κ3) is 2.60. The lowest BCUT2D eigenvalue weighted by Crippen LogP contribution is -1.93. The van der Waals surface area contributed by atoms with Gasteiger partial charge >= 0.3 is 0 Å². The topological polar surface area (TPSA) is 35.2 Å². The second-order valence-corrected chi connectivity index (χ2v) is 4.10. The monoisotopic (exact) mass is 203 g/mol. The third-order valence-corrected chi connectivity index (χ3v) is 2.83. The van der Waals surface area contributed by atoms with E-state index in [0.717, 1.165) is 30.9 Å². The van der Waals surface area contributed by atoms with Gasteiger partial charge in [0.05, 0.1) is 6.61 Å². The van der Waals surface area contributed by atoms with Gasteiger partial charge in [0, 0.05) is 18.2 Å². The molecule has 2 heteroatoms. The molecule has 0 amide bonds. The Hall–Kier alpha value is -1.28. The van der Waals surface area contributed by atoms with Crippen LogP contribution in [-0.4, -0.2) is 13.2 Å². The van der Waals surface area contributed by atoms with Crippen LogP contribution in [0, 0.1) is 12.8 Å². The minimum Gasteiger partial charge on any atom is -0.398 e. The van der Waals surface area contributed by atoms with Crippen LogP contribution in [-0.2, 0) is 4.74 Å². The number of benzene rings is 1. The zero-order chi connectivity index (χ0) is 10.7. The minimum atomic E-state index is 0.576. The quantitative estimate of drug-likeness (QED) is 0.750. The molecule has 1 aromatic rings. The third-order valence-electron chi connectivity index (χ3n) is 2.83. The van der Waals surface area contributed by atoms with Crippen LogP contribution in [0.1, 0.15) is 17.5 Å². The number of rotatable bonds is 2. The van der Waals surface area contributed by atoms with Crippen molar-refractivity contribution < 1.29 is 4.74 Å². The molecule has 1 saturated heterocycles. The Balaban J connectivity index is 2.06. The first kappa shape index (κ1) is 10.2. The standard InChI is InChI=1S/C13H17NO/c1-10-2-3-11(8-13(10)14)4-5-12-6-7-15-9-12/h2-5,8,12H,6-7,9,14H2,1H3/b5-4+. The second kappa shape index (κ2) is 4.49. The summed E-state index contributed by atoms with van der Waals surface area (Å²) in [5.41, 5.74) is 9.01. The summed E-state index contributed by atoms with van der Waals surface area (Å²) in [6, 6.07) is 6.17. The Labute approximate surface area is 90.7 Å². The summed E-state index contributed by atoms with van der Waals surface area (Å²) in [4.78, 5) is 0. The number of hydrogen-bond acceptors (Lipinski definition) is 2. The molecule has 0 aromatic heterocycles. The van der Waals surface area contributed by atoms with Crippen molar-refractivity contribution in [3.63, 3.8) is 0 Å². The van der Waals surface area contributed by atoms with E-state index in [1.54, 1.807) is 0 Å². The summed E-state index contributed by atoms with van der Waals surface area (Å²) in [6.45, 7) is 3.77. The molecule has 1 aromatic carbocycles. The number of hydrogen-bond donors (Lipinski definition) is 1. The van der Waals surface area contributed by atoms with Crippen molar-refractivity contribution >= 4 is 11.8 Å². The second-order valence-electron chi connectivity index (χ2n) is 4.10. The summed E-state index contributed by atoms with van der Waals surface area (Å²) in [5.74, 6) is 0.576. The predicted octanol–water partition coefficient (Wildman–Crippen LogP) is 2.63. The molecule has 0 spiro atoms. The van der Waals surface area contributed by atoms with E-state index in [4.69, 9.17) is 10.5 Å². The van der Waals surface area contributed by atoms with Gasteiger partial charge in [-0.3, -0.25) is 0 Å². The van der Waals surface area contributed by atoms with E-state index in [0.29, 0.717) is 5.92 Å². The fourth-order valence-electron chi connectivity index (χ4n) is 1.71. The van der Waals surface area contributed by atoms with Crippen molar-refractivity contribution in [1.82, 2.24) is 0 Å². The highest BCUT2D eigenvalue weighted by Gasteiger charge is 2.11. The van der Waals surface area contributed by atoms with Crippen LogP contribution in [0.5, 0.6) is 0 Å². The molecule has 2 rings (SSSR count). The SMILES string of the molecule is Cc1ccc(/C=C/C2CCOC2)cc1N. The van der Waals surface area contributed by atoms with Gasteiger partial charge < -0.3 is 10.5 Å². The maximum atomic E-state index is 5.85. The van der Waals surface area contributed by atoms with Crippen LogP contribution < -0.4 is 5.73 Å². The molecular weight excluding hydrogens is 186 g/mol. The van der Waals surface area contributed by atoms with Gasteiger partial charge in [0.1, 0.15) is 0 Å². The van der Waals surface area contributed by atoms with Crippen LogP contribution in [0.25, 0.3) is 6.08 Å². The first-order valence-electron chi connectivity index (χ1n) is 5.38. The number of ether oxygens (including phenoxy) is 1. The maximum absolute atomic E-state index is 5.85. The van der Waals surface area contributed by atoms with Crippen LogP contribution in [0.2, 0.25) is 0 Å². The average Bonchev–Trinajstić information content (AvgIpc) is 2.73. The molecule has 0 radical (unpaired) electrons. The molecule has 0 aliphatic carbocycles. The van der Waals surface area contributed by atoms with E-state index in [9.17, 15) is 0 Å². The van der Waals surface area contributed by atoms with Gasteiger partial charge in [0.2, 0.25) is 0 Å². The molecule has 0 bridgehead atoms. The first-order chi connectivity index (χ1) is 7.25. The fourth-order valence-corrected chi connectivity index (χ4v) is 1.71. The Kier molecular flexibility index (Phi) is 3.07. The summed E-state index contributed by atoms with van der Waals surface area (Å²) in [5, 5.41) is 0.